The van der Waals surface area contributed by atoms with Crippen LogP contribution in [0.15, 0.2) is 95.9 Å². The van der Waals surface area contributed by atoms with Gasteiger partial charge in [-0.3, -0.25) is 25.0 Å². The van der Waals surface area contributed by atoms with Crippen molar-refractivity contribution in [1.82, 2.24) is 0 Å². The smallest absolute Gasteiger partial charge is 0.282 e. The van der Waals surface area contributed by atoms with Gasteiger partial charge in [-0.1, -0.05) is 66.2 Å². The number of fused-ring (bicyclic) bond motifs is 3. The maximum atomic E-state index is 13.7. The lowest BCUT2D eigenvalue weighted by molar-refractivity contribution is -0.387. The predicted octanol–water partition coefficient (Wildman–Crippen LogP) is 8.43. The van der Waals surface area contributed by atoms with E-state index in [0.717, 1.165) is 5.56 Å². The average Bonchev–Trinajstić information content (AvgIpc) is 3.32. The van der Waals surface area contributed by atoms with Gasteiger partial charge >= 0.3 is 0 Å². The normalized spacial score (nSPS) is 22.5. The van der Waals surface area contributed by atoms with E-state index in [9.17, 15) is 25.0 Å². The van der Waals surface area contributed by atoms with Gasteiger partial charge in [-0.25, -0.2) is 0 Å². The van der Waals surface area contributed by atoms with Crippen molar-refractivity contribution in [2.24, 2.45) is 5.92 Å². The van der Waals surface area contributed by atoms with Crippen LogP contribution in [0.4, 0.5) is 17.1 Å². The second-order valence-corrected chi connectivity index (χ2v) is 12.6. The van der Waals surface area contributed by atoms with E-state index in [1.807, 2.05) is 18.2 Å². The molecule has 1 fully saturated rings. The number of nitrogens with one attached hydrogen (secondary N) is 1. The number of para-hydroxylation sites is 1. The largest absolute Gasteiger partial charge is 0.377 e. The molecule has 1 aliphatic carbocycles. The van der Waals surface area contributed by atoms with E-state index in [4.69, 9.17) is 23.2 Å². The van der Waals surface area contributed by atoms with E-state index in [2.05, 4.69) is 5.32 Å². The van der Waals surface area contributed by atoms with Crippen LogP contribution in [0.25, 0.3) is 0 Å². The minimum Gasteiger partial charge on any atom is -0.377 e. The van der Waals surface area contributed by atoms with Gasteiger partial charge in [0, 0.05) is 51.2 Å². The highest BCUT2D eigenvalue weighted by Gasteiger charge is 2.51. The quantitative estimate of drug-likeness (QED) is 0.0954. The third-order valence-corrected chi connectivity index (χ3v) is 10.3. The Labute approximate surface area is 255 Å². The zero-order chi connectivity index (χ0) is 29.5. The molecule has 1 saturated carbocycles. The van der Waals surface area contributed by atoms with Gasteiger partial charge in [0.2, 0.25) is 0 Å². The number of thioether (sulfide) groups is 1. The molecule has 0 saturated heterocycles. The Balaban J connectivity index is 1.48. The Morgan fingerprint density at radius 2 is 1.64 bits per heavy atom. The summed E-state index contributed by atoms with van der Waals surface area (Å²) in [5, 5.41) is 26.6. The van der Waals surface area contributed by atoms with E-state index in [-0.39, 0.29) is 34.2 Å². The predicted molar refractivity (Wildman–Crippen MR) is 164 cm³/mol. The SMILES string of the molecule is O=C(c1ccccc1)c1cc(Cl)cc2c1N[C@H](c1cccc([N+](=O)[O-])c1)[C@@H]1C[C@H](Sc3ccccc3[N+](=O)[O-])[C@H](Cl)[C@H]21. The number of nitro benzene ring substituents is 2. The summed E-state index contributed by atoms with van der Waals surface area (Å²) in [4.78, 5) is 36.8. The number of anilines is 1. The first-order chi connectivity index (χ1) is 20.2. The molecular formula is C31H23Cl2N3O5S. The molecule has 42 heavy (non-hydrogen) atoms. The number of carbonyl (C=O) groups is 1. The number of nitrogens with zero attached hydrogens (tertiary/aromatic N) is 2. The summed E-state index contributed by atoms with van der Waals surface area (Å²) in [7, 11) is 0. The fourth-order valence-corrected chi connectivity index (χ4v) is 8.31. The van der Waals surface area contributed by atoms with Crippen LogP contribution in [-0.4, -0.2) is 26.3 Å². The molecule has 4 aromatic rings. The molecule has 0 spiro atoms. The fourth-order valence-electron chi connectivity index (χ4n) is 6.14. The van der Waals surface area contributed by atoms with Gasteiger partial charge in [0.25, 0.3) is 11.4 Å². The van der Waals surface area contributed by atoms with Gasteiger partial charge in [-0.15, -0.1) is 23.4 Å². The average molecular weight is 621 g/mol. The van der Waals surface area contributed by atoms with E-state index < -0.39 is 21.3 Å². The molecule has 212 valence electrons. The highest BCUT2D eigenvalue weighted by Crippen LogP contribution is 2.59. The van der Waals surface area contributed by atoms with Crippen molar-refractivity contribution < 1.29 is 14.6 Å². The topological polar surface area (TPSA) is 115 Å². The number of rotatable bonds is 7. The molecule has 2 aliphatic rings. The van der Waals surface area contributed by atoms with Crippen LogP contribution in [0, 0.1) is 26.1 Å². The van der Waals surface area contributed by atoms with Crippen molar-refractivity contribution >= 4 is 57.8 Å². The Bertz CT molecular complexity index is 1720. The van der Waals surface area contributed by atoms with Crippen LogP contribution in [0.1, 0.15) is 45.4 Å². The van der Waals surface area contributed by atoms with Crippen molar-refractivity contribution in [3.8, 4) is 0 Å². The number of alkyl halides is 1. The van der Waals surface area contributed by atoms with E-state index in [1.165, 1.54) is 23.9 Å². The van der Waals surface area contributed by atoms with Crippen molar-refractivity contribution in [1.29, 1.82) is 0 Å². The number of ketones is 1. The molecule has 1 heterocycles. The van der Waals surface area contributed by atoms with E-state index in [0.29, 0.717) is 38.7 Å². The summed E-state index contributed by atoms with van der Waals surface area (Å²) >= 11 is 15.2. The van der Waals surface area contributed by atoms with Gasteiger partial charge in [0.1, 0.15) is 0 Å². The molecule has 0 bridgehead atoms. The Hall–Kier alpha value is -3.92. The van der Waals surface area contributed by atoms with Crippen molar-refractivity contribution in [2.75, 3.05) is 5.32 Å². The summed E-state index contributed by atoms with van der Waals surface area (Å²) in [5.74, 6) is -0.637. The zero-order valence-electron chi connectivity index (χ0n) is 21.9. The summed E-state index contributed by atoms with van der Waals surface area (Å²) < 4.78 is 0. The van der Waals surface area contributed by atoms with E-state index >= 15 is 0 Å². The number of hydrogen-bond acceptors (Lipinski definition) is 7. The molecule has 4 aromatic carbocycles. The zero-order valence-corrected chi connectivity index (χ0v) is 24.2. The van der Waals surface area contributed by atoms with Gasteiger partial charge in [0.15, 0.2) is 5.78 Å². The van der Waals surface area contributed by atoms with Gasteiger partial charge in [0.05, 0.1) is 26.2 Å². The first-order valence-corrected chi connectivity index (χ1v) is 14.9. The Morgan fingerprint density at radius 3 is 2.38 bits per heavy atom. The number of carbonyl (C=O) groups excluding carboxylic acids is 1. The molecular weight excluding hydrogens is 597 g/mol. The lowest BCUT2D eigenvalue weighted by atomic mass is 9.76. The van der Waals surface area contributed by atoms with E-state index in [1.54, 1.807) is 60.7 Å². The molecule has 0 radical (unpaired) electrons. The maximum Gasteiger partial charge on any atom is 0.282 e. The molecule has 5 atom stereocenters. The van der Waals surface area contributed by atoms with Gasteiger partial charge < -0.3 is 5.32 Å². The third-order valence-electron chi connectivity index (χ3n) is 7.95. The summed E-state index contributed by atoms with van der Waals surface area (Å²) in [6.07, 6.45) is 0.573. The summed E-state index contributed by atoms with van der Waals surface area (Å²) in [6, 6.07) is 24.9. The highest BCUT2D eigenvalue weighted by atomic mass is 35.5. The van der Waals surface area contributed by atoms with Gasteiger partial charge in [-0.2, -0.15) is 0 Å². The number of hydrogen-bond donors (Lipinski definition) is 1. The fraction of sp³-hybridized carbons (Fsp3) is 0.194. The maximum absolute atomic E-state index is 13.7. The van der Waals surface area contributed by atoms with Crippen LogP contribution in [0.2, 0.25) is 5.02 Å². The molecule has 8 nitrogen and oxygen atoms in total. The van der Waals surface area contributed by atoms with Crippen LogP contribution in [0.5, 0.6) is 0 Å². The Kier molecular flexibility index (Phi) is 7.66. The molecule has 0 unspecified atom stereocenters. The number of halogens is 2. The summed E-state index contributed by atoms with van der Waals surface area (Å²) in [6.45, 7) is 0. The van der Waals surface area contributed by atoms with Crippen LogP contribution >= 0.6 is 35.0 Å². The minimum atomic E-state index is -0.472. The molecule has 1 aliphatic heterocycles. The first kappa shape index (κ1) is 28.2. The molecule has 0 amide bonds. The molecule has 11 heteroatoms. The monoisotopic (exact) mass is 619 g/mol. The number of nitro groups is 2. The molecule has 0 aromatic heterocycles. The second kappa shape index (κ2) is 11.4. The minimum absolute atomic E-state index is 0.00814. The Morgan fingerprint density at radius 1 is 0.905 bits per heavy atom. The van der Waals surface area contributed by atoms with Crippen LogP contribution in [-0.2, 0) is 0 Å². The third kappa shape index (κ3) is 5.12. The second-order valence-electron chi connectivity index (χ2n) is 10.3. The van der Waals surface area contributed by atoms with Crippen molar-refractivity contribution in [3.05, 3.63) is 139 Å². The van der Waals surface area contributed by atoms with Crippen molar-refractivity contribution in [3.63, 3.8) is 0 Å². The van der Waals surface area contributed by atoms with Crippen LogP contribution < -0.4 is 5.32 Å². The first-order valence-electron chi connectivity index (χ1n) is 13.2. The number of benzene rings is 4. The molecule has 1 N–H and O–H groups in total. The lowest BCUT2D eigenvalue weighted by Crippen LogP contribution is -2.32. The lowest BCUT2D eigenvalue weighted by Gasteiger charge is -2.39. The van der Waals surface area contributed by atoms with Crippen LogP contribution in [0.3, 0.4) is 0 Å². The standard InChI is InChI=1S/C31H23Cl2N3O5S/c32-19-14-21-27-22(16-26(28(27)33)42-25-12-5-4-11-24(25)36(40)41)29(18-9-6-10-20(13-18)35(38)39)34-30(21)23(15-19)31(37)17-7-2-1-3-8-17/h1-15,22,26-29,34H,16H2/t22-,26+,27-,28+,29-/m1/s1. The molecule has 6 rings (SSSR count). The van der Waals surface area contributed by atoms with Gasteiger partial charge in [-0.05, 0) is 41.7 Å². The highest BCUT2D eigenvalue weighted by molar-refractivity contribution is 8.00. The number of non-ortho nitro benzene ring substituents is 1. The van der Waals surface area contributed by atoms with Crippen molar-refractivity contribution in [2.45, 2.75) is 33.9 Å². The summed E-state index contributed by atoms with van der Waals surface area (Å²) in [5.41, 5.74) is 2.92.